The molecule has 0 spiro atoms. The molecule has 0 bridgehead atoms. The van der Waals surface area contributed by atoms with Crippen molar-refractivity contribution in [3.63, 3.8) is 0 Å². The summed E-state index contributed by atoms with van der Waals surface area (Å²) in [6.07, 6.45) is 4.81. The van der Waals surface area contributed by atoms with E-state index in [1.54, 1.807) is 15.8 Å². The fourth-order valence-electron chi connectivity index (χ4n) is 4.96. The van der Waals surface area contributed by atoms with E-state index in [1.165, 1.54) is 10.6 Å². The standard InChI is InChI=1S/C24H28N8O4S/c1-37(34,35)31-9-7-29(8-10-31)21(33)16-32-23-19(15-26-32)22(18-3-2-4-20-17(18)5-6-25-20)27-24(28-23)30-11-13-36-14-12-30/h2-6,15,25H,7-14,16H2,1H3. The van der Waals surface area contributed by atoms with Gasteiger partial charge in [0.25, 0.3) is 0 Å². The summed E-state index contributed by atoms with van der Waals surface area (Å²) in [5, 5.41) is 6.34. The second kappa shape index (κ2) is 9.39. The number of morpholine rings is 1. The first-order chi connectivity index (χ1) is 17.9. The Bertz CT molecular complexity index is 1570. The summed E-state index contributed by atoms with van der Waals surface area (Å²) >= 11 is 0. The van der Waals surface area contributed by atoms with Crippen LogP contribution in [0.1, 0.15) is 0 Å². The van der Waals surface area contributed by atoms with E-state index in [0.29, 0.717) is 64.1 Å². The van der Waals surface area contributed by atoms with E-state index in [0.717, 1.165) is 27.5 Å². The van der Waals surface area contributed by atoms with Gasteiger partial charge in [0.2, 0.25) is 21.9 Å². The SMILES string of the molecule is CS(=O)(=O)N1CCN(C(=O)Cn2ncc3c(-c4cccc5[nH]ccc45)nc(N4CCOCC4)nc32)CC1. The molecule has 2 aliphatic rings. The van der Waals surface area contributed by atoms with E-state index in [9.17, 15) is 13.2 Å². The Morgan fingerprint density at radius 1 is 1.03 bits per heavy atom. The van der Waals surface area contributed by atoms with Crippen LogP contribution in [0.25, 0.3) is 33.2 Å². The van der Waals surface area contributed by atoms with Crippen LogP contribution in [0.4, 0.5) is 5.95 Å². The van der Waals surface area contributed by atoms with Crippen molar-refractivity contribution in [3.8, 4) is 11.3 Å². The number of benzene rings is 1. The highest BCUT2D eigenvalue weighted by Gasteiger charge is 2.27. The summed E-state index contributed by atoms with van der Waals surface area (Å²) in [4.78, 5) is 30.0. The number of sulfonamides is 1. The van der Waals surface area contributed by atoms with E-state index in [4.69, 9.17) is 14.7 Å². The van der Waals surface area contributed by atoms with Crippen LogP contribution >= 0.6 is 0 Å². The first-order valence-corrected chi connectivity index (χ1v) is 14.1. The van der Waals surface area contributed by atoms with Crippen molar-refractivity contribution in [3.05, 3.63) is 36.7 Å². The highest BCUT2D eigenvalue weighted by Crippen LogP contribution is 2.33. The van der Waals surface area contributed by atoms with E-state index >= 15 is 0 Å². The van der Waals surface area contributed by atoms with Crippen LogP contribution in [0.15, 0.2) is 36.7 Å². The fraction of sp³-hybridized carbons (Fsp3) is 0.417. The monoisotopic (exact) mass is 524 g/mol. The number of ether oxygens (including phenoxy) is 1. The molecule has 2 saturated heterocycles. The van der Waals surface area contributed by atoms with Gasteiger partial charge in [-0.25, -0.2) is 18.1 Å². The summed E-state index contributed by atoms with van der Waals surface area (Å²) in [6, 6.07) is 8.06. The second-order valence-corrected chi connectivity index (χ2v) is 11.3. The Morgan fingerprint density at radius 3 is 2.57 bits per heavy atom. The number of amides is 1. The third-order valence-electron chi connectivity index (χ3n) is 6.97. The number of carbonyl (C=O) groups excluding carboxylic acids is 1. The first kappa shape index (κ1) is 23.8. The van der Waals surface area contributed by atoms with Crippen molar-refractivity contribution in [2.24, 2.45) is 0 Å². The molecule has 1 aromatic carbocycles. The van der Waals surface area contributed by atoms with Crippen LogP contribution in [0, 0.1) is 0 Å². The Labute approximate surface area is 213 Å². The van der Waals surface area contributed by atoms with Gasteiger partial charge in [-0.1, -0.05) is 12.1 Å². The van der Waals surface area contributed by atoms with Crippen molar-refractivity contribution >= 4 is 43.8 Å². The normalized spacial score (nSPS) is 17.6. The second-order valence-electron chi connectivity index (χ2n) is 9.30. The lowest BCUT2D eigenvalue weighted by Gasteiger charge is -2.33. The summed E-state index contributed by atoms with van der Waals surface area (Å²) < 4.78 is 32.2. The minimum Gasteiger partial charge on any atom is -0.378 e. The van der Waals surface area contributed by atoms with Crippen molar-refractivity contribution < 1.29 is 17.9 Å². The number of nitrogens with one attached hydrogen (secondary N) is 1. The highest BCUT2D eigenvalue weighted by atomic mass is 32.2. The predicted molar refractivity (Wildman–Crippen MR) is 139 cm³/mol. The van der Waals surface area contributed by atoms with Gasteiger partial charge < -0.3 is 19.5 Å². The van der Waals surface area contributed by atoms with E-state index in [-0.39, 0.29) is 12.5 Å². The lowest BCUT2D eigenvalue weighted by Crippen LogP contribution is -2.51. The molecular formula is C24H28N8O4S. The quantitative estimate of drug-likeness (QED) is 0.408. The maximum Gasteiger partial charge on any atom is 0.244 e. The maximum absolute atomic E-state index is 13.2. The van der Waals surface area contributed by atoms with Gasteiger partial charge in [0.05, 0.1) is 36.7 Å². The molecule has 4 aromatic rings. The number of nitrogens with zero attached hydrogens (tertiary/aromatic N) is 7. The average molecular weight is 525 g/mol. The molecule has 0 aliphatic carbocycles. The van der Waals surface area contributed by atoms with E-state index < -0.39 is 10.0 Å². The zero-order valence-electron chi connectivity index (χ0n) is 20.5. The van der Waals surface area contributed by atoms with Gasteiger partial charge in [0, 0.05) is 61.9 Å². The van der Waals surface area contributed by atoms with Gasteiger partial charge in [-0.05, 0) is 12.1 Å². The number of hydrogen-bond donors (Lipinski definition) is 1. The van der Waals surface area contributed by atoms with Crippen molar-refractivity contribution in [1.29, 1.82) is 0 Å². The summed E-state index contributed by atoms with van der Waals surface area (Å²) in [5.41, 5.74) is 3.32. The van der Waals surface area contributed by atoms with Gasteiger partial charge >= 0.3 is 0 Å². The highest BCUT2D eigenvalue weighted by molar-refractivity contribution is 7.88. The largest absolute Gasteiger partial charge is 0.378 e. The van der Waals surface area contributed by atoms with Gasteiger partial charge in [0.15, 0.2) is 5.65 Å². The van der Waals surface area contributed by atoms with Crippen LogP contribution in [-0.4, -0.2) is 107 Å². The van der Waals surface area contributed by atoms with E-state index in [2.05, 4.69) is 15.0 Å². The minimum atomic E-state index is -3.27. The first-order valence-electron chi connectivity index (χ1n) is 12.2. The van der Waals surface area contributed by atoms with Crippen molar-refractivity contribution in [2.75, 3.05) is 63.6 Å². The van der Waals surface area contributed by atoms with Gasteiger partial charge in [-0.2, -0.15) is 14.4 Å². The molecule has 1 amide bonds. The number of anilines is 1. The number of aromatic amines is 1. The predicted octanol–water partition coefficient (Wildman–Crippen LogP) is 0.915. The summed E-state index contributed by atoms with van der Waals surface area (Å²) in [7, 11) is -3.27. The molecule has 2 fully saturated rings. The molecule has 0 unspecified atom stereocenters. The average Bonchev–Trinajstić information content (AvgIpc) is 3.55. The molecule has 6 rings (SSSR count). The molecule has 0 saturated carbocycles. The smallest absolute Gasteiger partial charge is 0.244 e. The number of H-pyrrole nitrogens is 1. The lowest BCUT2D eigenvalue weighted by atomic mass is 10.0. The number of piperazine rings is 1. The zero-order valence-corrected chi connectivity index (χ0v) is 21.3. The molecule has 0 radical (unpaired) electrons. The van der Waals surface area contributed by atoms with Crippen molar-refractivity contribution in [1.82, 2.24) is 33.9 Å². The van der Waals surface area contributed by atoms with Gasteiger partial charge in [-0.3, -0.25) is 4.79 Å². The number of rotatable bonds is 5. The van der Waals surface area contributed by atoms with Gasteiger partial charge in [0.1, 0.15) is 6.54 Å². The molecule has 1 N–H and O–H groups in total. The molecule has 0 atom stereocenters. The van der Waals surface area contributed by atoms with Crippen molar-refractivity contribution in [2.45, 2.75) is 6.54 Å². The molecule has 37 heavy (non-hydrogen) atoms. The van der Waals surface area contributed by atoms with Gasteiger partial charge in [-0.15, -0.1) is 0 Å². The molecular weight excluding hydrogens is 496 g/mol. The van der Waals surface area contributed by atoms with Crippen LogP contribution < -0.4 is 4.90 Å². The third-order valence-corrected chi connectivity index (χ3v) is 8.28. The Hall–Kier alpha value is -3.55. The van der Waals surface area contributed by atoms with Crippen LogP contribution in [0.2, 0.25) is 0 Å². The number of aromatic nitrogens is 5. The Kier molecular flexibility index (Phi) is 6.05. The molecule has 13 heteroatoms. The third kappa shape index (κ3) is 4.54. The Balaban J connectivity index is 1.36. The summed E-state index contributed by atoms with van der Waals surface area (Å²) in [5.74, 6) is 0.452. The summed E-state index contributed by atoms with van der Waals surface area (Å²) in [6.45, 7) is 3.84. The Morgan fingerprint density at radius 2 is 1.81 bits per heavy atom. The maximum atomic E-state index is 13.2. The topological polar surface area (TPSA) is 130 Å². The van der Waals surface area contributed by atoms with Crippen LogP contribution in [0.3, 0.4) is 0 Å². The fourth-order valence-corrected chi connectivity index (χ4v) is 5.79. The number of hydrogen-bond acceptors (Lipinski definition) is 8. The number of carbonyl (C=O) groups is 1. The molecule has 2 aliphatic heterocycles. The van der Waals surface area contributed by atoms with Crippen LogP contribution in [0.5, 0.6) is 0 Å². The molecule has 3 aromatic heterocycles. The molecule has 194 valence electrons. The number of fused-ring (bicyclic) bond motifs is 2. The van der Waals surface area contributed by atoms with Crippen LogP contribution in [-0.2, 0) is 26.1 Å². The molecule has 12 nitrogen and oxygen atoms in total. The lowest BCUT2D eigenvalue weighted by molar-refractivity contribution is -0.133. The van der Waals surface area contributed by atoms with E-state index in [1.807, 2.05) is 30.5 Å². The zero-order chi connectivity index (χ0) is 25.6. The molecule has 5 heterocycles. The minimum absolute atomic E-state index is 0.00966.